The van der Waals surface area contributed by atoms with E-state index in [4.69, 9.17) is 0 Å². The number of H-pyrrole nitrogens is 1. The number of nitrogens with zero attached hydrogens (tertiary/aromatic N) is 2. The molecule has 1 aliphatic rings. The van der Waals surface area contributed by atoms with Crippen molar-refractivity contribution >= 4 is 5.91 Å². The van der Waals surface area contributed by atoms with Crippen LogP contribution in [0.2, 0.25) is 0 Å². The van der Waals surface area contributed by atoms with Crippen molar-refractivity contribution in [1.29, 1.82) is 0 Å². The minimum absolute atomic E-state index is 0.304. The van der Waals surface area contributed by atoms with Crippen LogP contribution in [0.4, 0.5) is 13.2 Å². The summed E-state index contributed by atoms with van der Waals surface area (Å²) in [5.74, 6) is -0.408. The summed E-state index contributed by atoms with van der Waals surface area (Å²) in [5, 5.41) is 8.26. The number of likely N-dealkylation sites (tertiary alicyclic amines) is 1. The molecule has 1 fully saturated rings. The molecule has 0 saturated carbocycles. The smallest absolute Gasteiger partial charge is 0.333 e. The Bertz CT molecular complexity index is 538. The number of rotatable bonds is 4. The molecule has 0 radical (unpaired) electrons. The summed E-state index contributed by atoms with van der Waals surface area (Å²) in [4.78, 5) is 24.4. The highest BCUT2D eigenvalue weighted by Gasteiger charge is 2.32. The van der Waals surface area contributed by atoms with Crippen LogP contribution in [0.25, 0.3) is 0 Å². The maximum atomic E-state index is 12.0. The van der Waals surface area contributed by atoms with E-state index in [0.717, 1.165) is 6.42 Å². The SMILES string of the molecule is O=C(CNCC(F)(F)F)N1CCCC1c1ccc(=O)[nH]n1. The molecule has 21 heavy (non-hydrogen) atoms. The number of nitrogens with one attached hydrogen (secondary N) is 2. The molecule has 2 N–H and O–H groups in total. The molecule has 1 aromatic heterocycles. The average Bonchev–Trinajstić information content (AvgIpc) is 2.87. The van der Waals surface area contributed by atoms with Gasteiger partial charge < -0.3 is 10.2 Å². The van der Waals surface area contributed by atoms with Gasteiger partial charge in [-0.1, -0.05) is 0 Å². The first kappa shape index (κ1) is 15.5. The highest BCUT2D eigenvalue weighted by molar-refractivity contribution is 5.79. The van der Waals surface area contributed by atoms with Gasteiger partial charge in [0.05, 0.1) is 24.8 Å². The van der Waals surface area contributed by atoms with Gasteiger partial charge in [-0.25, -0.2) is 5.10 Å². The maximum Gasteiger partial charge on any atom is 0.401 e. The number of carbonyl (C=O) groups is 1. The largest absolute Gasteiger partial charge is 0.401 e. The molecular formula is C12H15F3N4O2. The fourth-order valence-electron chi connectivity index (χ4n) is 2.33. The van der Waals surface area contributed by atoms with E-state index in [2.05, 4.69) is 15.5 Å². The fourth-order valence-corrected chi connectivity index (χ4v) is 2.33. The Morgan fingerprint density at radius 2 is 2.24 bits per heavy atom. The van der Waals surface area contributed by atoms with E-state index in [1.165, 1.54) is 17.0 Å². The number of amides is 1. The van der Waals surface area contributed by atoms with Gasteiger partial charge in [0.2, 0.25) is 5.91 Å². The van der Waals surface area contributed by atoms with Crippen LogP contribution in [0.1, 0.15) is 24.6 Å². The first-order valence-corrected chi connectivity index (χ1v) is 6.49. The molecule has 0 spiro atoms. The number of aromatic nitrogens is 2. The molecule has 1 aliphatic heterocycles. The van der Waals surface area contributed by atoms with Gasteiger partial charge in [-0.2, -0.15) is 18.3 Å². The van der Waals surface area contributed by atoms with E-state index in [0.29, 0.717) is 18.7 Å². The van der Waals surface area contributed by atoms with Crippen LogP contribution < -0.4 is 10.9 Å². The lowest BCUT2D eigenvalue weighted by molar-refractivity contribution is -0.135. The van der Waals surface area contributed by atoms with Crippen molar-refractivity contribution in [1.82, 2.24) is 20.4 Å². The topological polar surface area (TPSA) is 78.1 Å². The van der Waals surface area contributed by atoms with Crippen LogP contribution in [-0.4, -0.2) is 46.8 Å². The van der Waals surface area contributed by atoms with Crippen LogP contribution in [0, 0.1) is 0 Å². The Balaban J connectivity index is 1.96. The van der Waals surface area contributed by atoms with Crippen LogP contribution in [-0.2, 0) is 4.79 Å². The van der Waals surface area contributed by atoms with E-state index < -0.39 is 18.6 Å². The summed E-state index contributed by atoms with van der Waals surface area (Å²) in [7, 11) is 0. The molecule has 116 valence electrons. The second kappa shape index (κ2) is 6.25. The lowest BCUT2D eigenvalue weighted by Gasteiger charge is -2.24. The second-order valence-corrected chi connectivity index (χ2v) is 4.81. The molecule has 1 atom stereocenters. The molecule has 1 unspecified atom stereocenters. The number of hydrogen-bond donors (Lipinski definition) is 2. The molecule has 9 heteroatoms. The van der Waals surface area contributed by atoms with Crippen LogP contribution in [0.15, 0.2) is 16.9 Å². The number of alkyl halides is 3. The molecule has 6 nitrogen and oxygen atoms in total. The van der Waals surface area contributed by atoms with Crippen molar-refractivity contribution in [2.24, 2.45) is 0 Å². The van der Waals surface area contributed by atoms with Crippen molar-refractivity contribution in [3.8, 4) is 0 Å². The first-order chi connectivity index (χ1) is 9.87. The minimum Gasteiger partial charge on any atom is -0.333 e. The Hall–Kier alpha value is -1.90. The fraction of sp³-hybridized carbons (Fsp3) is 0.583. The van der Waals surface area contributed by atoms with Crippen molar-refractivity contribution in [3.05, 3.63) is 28.2 Å². The monoisotopic (exact) mass is 304 g/mol. The molecule has 0 bridgehead atoms. The van der Waals surface area contributed by atoms with Gasteiger partial charge in [0.15, 0.2) is 0 Å². The van der Waals surface area contributed by atoms with Gasteiger partial charge in [0, 0.05) is 12.6 Å². The maximum absolute atomic E-state index is 12.0. The third-order valence-corrected chi connectivity index (χ3v) is 3.22. The van der Waals surface area contributed by atoms with Gasteiger partial charge in [-0.15, -0.1) is 0 Å². The third-order valence-electron chi connectivity index (χ3n) is 3.22. The zero-order chi connectivity index (χ0) is 15.5. The number of carbonyl (C=O) groups excluding carboxylic acids is 1. The third kappa shape index (κ3) is 4.28. The summed E-state index contributed by atoms with van der Waals surface area (Å²) in [6.45, 7) is -1.11. The van der Waals surface area contributed by atoms with Crippen molar-refractivity contribution in [2.75, 3.05) is 19.6 Å². The second-order valence-electron chi connectivity index (χ2n) is 4.81. The zero-order valence-electron chi connectivity index (χ0n) is 11.1. The van der Waals surface area contributed by atoms with Gasteiger partial charge in [-0.3, -0.25) is 9.59 Å². The summed E-state index contributed by atoms with van der Waals surface area (Å²) in [6.07, 6.45) is -2.92. The summed E-state index contributed by atoms with van der Waals surface area (Å²) in [5.41, 5.74) is 0.192. The highest BCUT2D eigenvalue weighted by atomic mass is 19.4. The number of aromatic amines is 1. The number of hydrogen-bond acceptors (Lipinski definition) is 4. The van der Waals surface area contributed by atoms with Gasteiger partial charge in [0.1, 0.15) is 0 Å². The predicted molar refractivity (Wildman–Crippen MR) is 67.5 cm³/mol. The Morgan fingerprint density at radius 1 is 1.48 bits per heavy atom. The van der Waals surface area contributed by atoms with Crippen molar-refractivity contribution in [2.45, 2.75) is 25.1 Å². The molecule has 0 aromatic carbocycles. The standard InChI is InChI=1S/C12H15F3N4O2/c13-12(14,15)7-16-6-11(21)19-5-1-2-9(19)8-3-4-10(20)18-17-8/h3-4,9,16H,1-2,5-7H2,(H,18,20). The minimum atomic E-state index is -4.34. The Morgan fingerprint density at radius 3 is 2.86 bits per heavy atom. The van der Waals surface area contributed by atoms with E-state index in [1.807, 2.05) is 0 Å². The highest BCUT2D eigenvalue weighted by Crippen LogP contribution is 2.29. The summed E-state index contributed by atoms with van der Waals surface area (Å²) in [6, 6.07) is 2.53. The van der Waals surface area contributed by atoms with E-state index in [1.54, 1.807) is 0 Å². The van der Waals surface area contributed by atoms with Gasteiger partial charge in [0.25, 0.3) is 5.56 Å². The van der Waals surface area contributed by atoms with Crippen LogP contribution >= 0.6 is 0 Å². The van der Waals surface area contributed by atoms with Crippen molar-refractivity contribution in [3.63, 3.8) is 0 Å². The van der Waals surface area contributed by atoms with Crippen LogP contribution in [0.3, 0.4) is 0 Å². The summed E-state index contributed by atoms with van der Waals surface area (Å²) < 4.78 is 36.1. The lowest BCUT2D eigenvalue weighted by atomic mass is 10.1. The molecule has 1 aromatic rings. The predicted octanol–water partition coefficient (Wildman–Crippen LogP) is 0.585. The van der Waals surface area contributed by atoms with E-state index in [9.17, 15) is 22.8 Å². The van der Waals surface area contributed by atoms with E-state index in [-0.39, 0.29) is 18.1 Å². The lowest BCUT2D eigenvalue weighted by Crippen LogP contribution is -2.40. The van der Waals surface area contributed by atoms with E-state index >= 15 is 0 Å². The molecule has 2 rings (SSSR count). The normalized spacial score (nSPS) is 19.0. The zero-order valence-corrected chi connectivity index (χ0v) is 11.1. The average molecular weight is 304 g/mol. The molecule has 1 saturated heterocycles. The first-order valence-electron chi connectivity index (χ1n) is 6.49. The van der Waals surface area contributed by atoms with Crippen LogP contribution in [0.5, 0.6) is 0 Å². The number of halogens is 3. The summed E-state index contributed by atoms with van der Waals surface area (Å²) >= 11 is 0. The molecule has 0 aliphatic carbocycles. The Labute approximate surface area is 118 Å². The van der Waals surface area contributed by atoms with Crippen molar-refractivity contribution < 1.29 is 18.0 Å². The molecule has 1 amide bonds. The Kier molecular flexibility index (Phi) is 4.61. The van der Waals surface area contributed by atoms with Gasteiger partial charge in [-0.05, 0) is 18.9 Å². The van der Waals surface area contributed by atoms with Gasteiger partial charge >= 0.3 is 6.18 Å². The molecule has 2 heterocycles. The quantitative estimate of drug-likeness (QED) is 0.853. The molecular weight excluding hydrogens is 289 g/mol.